The third kappa shape index (κ3) is 3.10. The van der Waals surface area contributed by atoms with Gasteiger partial charge in [-0.1, -0.05) is 6.07 Å². The summed E-state index contributed by atoms with van der Waals surface area (Å²) in [6, 6.07) is 10.5. The SMILES string of the molecule is COc1cc2ncn(-c3cccc(NC4CCNC4)n3)c2cc1-c1cscn1. The molecule has 4 aromatic rings. The molecule has 1 atom stereocenters. The number of nitrogens with zero attached hydrogens (tertiary/aromatic N) is 4. The summed E-state index contributed by atoms with van der Waals surface area (Å²) in [7, 11) is 1.67. The molecule has 1 aromatic carbocycles. The summed E-state index contributed by atoms with van der Waals surface area (Å²) >= 11 is 1.56. The number of rotatable bonds is 5. The predicted molar refractivity (Wildman–Crippen MR) is 111 cm³/mol. The number of fused-ring (bicyclic) bond motifs is 1. The molecule has 142 valence electrons. The number of aromatic nitrogens is 4. The summed E-state index contributed by atoms with van der Waals surface area (Å²) in [5.41, 5.74) is 5.50. The molecule has 5 rings (SSSR count). The molecule has 4 heterocycles. The van der Waals surface area contributed by atoms with E-state index in [1.807, 2.05) is 39.7 Å². The number of thiazole rings is 1. The van der Waals surface area contributed by atoms with Gasteiger partial charge in [0, 0.05) is 29.6 Å². The molecule has 1 fully saturated rings. The van der Waals surface area contributed by atoms with Crippen LogP contribution in [0.1, 0.15) is 6.42 Å². The number of hydrogen-bond acceptors (Lipinski definition) is 7. The Kier molecular flexibility index (Phi) is 4.42. The van der Waals surface area contributed by atoms with Crippen LogP contribution in [0.4, 0.5) is 5.82 Å². The van der Waals surface area contributed by atoms with Crippen molar-refractivity contribution in [1.29, 1.82) is 0 Å². The molecule has 1 unspecified atom stereocenters. The lowest BCUT2D eigenvalue weighted by atomic mass is 10.1. The summed E-state index contributed by atoms with van der Waals surface area (Å²) in [4.78, 5) is 13.8. The lowest BCUT2D eigenvalue weighted by Crippen LogP contribution is -2.22. The molecule has 1 aliphatic rings. The summed E-state index contributed by atoms with van der Waals surface area (Å²) in [6.45, 7) is 2.02. The normalized spacial score (nSPS) is 16.5. The number of benzene rings is 1. The average molecular weight is 392 g/mol. The van der Waals surface area contributed by atoms with Crippen LogP contribution in [0.3, 0.4) is 0 Å². The summed E-state index contributed by atoms with van der Waals surface area (Å²) in [6.07, 6.45) is 2.91. The Morgan fingerprint density at radius 1 is 1.29 bits per heavy atom. The van der Waals surface area contributed by atoms with Gasteiger partial charge in [-0.05, 0) is 31.2 Å². The number of hydrogen-bond donors (Lipinski definition) is 2. The van der Waals surface area contributed by atoms with Crippen LogP contribution < -0.4 is 15.4 Å². The quantitative estimate of drug-likeness (QED) is 0.543. The minimum absolute atomic E-state index is 0.419. The van der Waals surface area contributed by atoms with Gasteiger partial charge in [-0.3, -0.25) is 4.57 Å². The zero-order valence-corrected chi connectivity index (χ0v) is 16.2. The van der Waals surface area contributed by atoms with Crippen LogP contribution >= 0.6 is 11.3 Å². The third-order valence-corrected chi connectivity index (χ3v) is 5.56. The molecule has 0 saturated carbocycles. The Labute approximate surface area is 166 Å². The fraction of sp³-hybridized carbons (Fsp3) is 0.250. The van der Waals surface area contributed by atoms with Gasteiger partial charge in [-0.15, -0.1) is 11.3 Å². The van der Waals surface area contributed by atoms with Crippen molar-refractivity contribution in [3.05, 3.63) is 47.5 Å². The van der Waals surface area contributed by atoms with E-state index in [1.165, 1.54) is 0 Å². The second-order valence-electron chi connectivity index (χ2n) is 6.74. The largest absolute Gasteiger partial charge is 0.496 e. The van der Waals surface area contributed by atoms with Crippen LogP contribution in [0.25, 0.3) is 28.1 Å². The molecule has 2 N–H and O–H groups in total. The number of pyridine rings is 1. The molecule has 0 spiro atoms. The Bertz CT molecular complexity index is 1100. The van der Waals surface area contributed by atoms with Gasteiger partial charge in [0.1, 0.15) is 23.7 Å². The molecule has 3 aromatic heterocycles. The van der Waals surface area contributed by atoms with Crippen LogP contribution in [-0.2, 0) is 0 Å². The standard InChI is InChI=1S/C20H20N6OS/c1-27-18-8-15-17(7-14(18)16-10-28-12-23-16)26(11-22-15)20-4-2-3-19(25-20)24-13-5-6-21-9-13/h2-4,7-8,10-13,21H,5-6,9H2,1H3,(H,24,25). The van der Waals surface area contributed by atoms with Crippen molar-refractivity contribution in [3.63, 3.8) is 0 Å². The van der Waals surface area contributed by atoms with Crippen molar-refractivity contribution in [1.82, 2.24) is 24.8 Å². The molecule has 28 heavy (non-hydrogen) atoms. The van der Waals surface area contributed by atoms with Gasteiger partial charge >= 0.3 is 0 Å². The van der Waals surface area contributed by atoms with Crippen molar-refractivity contribution in [2.45, 2.75) is 12.5 Å². The smallest absolute Gasteiger partial charge is 0.140 e. The Morgan fingerprint density at radius 2 is 2.25 bits per heavy atom. The van der Waals surface area contributed by atoms with Crippen molar-refractivity contribution < 1.29 is 4.74 Å². The summed E-state index contributed by atoms with van der Waals surface area (Å²) in [5.74, 6) is 2.47. The van der Waals surface area contributed by atoms with E-state index in [4.69, 9.17) is 9.72 Å². The zero-order valence-electron chi connectivity index (χ0n) is 15.4. The van der Waals surface area contributed by atoms with E-state index in [9.17, 15) is 0 Å². The number of imidazole rings is 1. The van der Waals surface area contributed by atoms with E-state index in [-0.39, 0.29) is 0 Å². The van der Waals surface area contributed by atoms with Crippen LogP contribution in [0.15, 0.2) is 47.5 Å². The van der Waals surface area contributed by atoms with E-state index >= 15 is 0 Å². The topological polar surface area (TPSA) is 76.9 Å². The van der Waals surface area contributed by atoms with Gasteiger partial charge in [0.15, 0.2) is 0 Å². The van der Waals surface area contributed by atoms with Gasteiger partial charge in [0.05, 0.1) is 29.3 Å². The van der Waals surface area contributed by atoms with Crippen LogP contribution in [0.5, 0.6) is 5.75 Å². The Morgan fingerprint density at radius 3 is 3.04 bits per heavy atom. The van der Waals surface area contributed by atoms with E-state index in [0.717, 1.165) is 59.2 Å². The summed E-state index contributed by atoms with van der Waals surface area (Å²) in [5, 5.41) is 8.89. The van der Waals surface area contributed by atoms with Gasteiger partial charge in [-0.2, -0.15) is 0 Å². The minimum atomic E-state index is 0.419. The highest BCUT2D eigenvalue weighted by molar-refractivity contribution is 7.07. The van der Waals surface area contributed by atoms with Gasteiger partial charge in [0.25, 0.3) is 0 Å². The van der Waals surface area contributed by atoms with Gasteiger partial charge in [0.2, 0.25) is 0 Å². The molecule has 1 saturated heterocycles. The number of nitrogens with one attached hydrogen (secondary N) is 2. The van der Waals surface area contributed by atoms with Crippen molar-refractivity contribution in [3.8, 4) is 22.8 Å². The molecule has 8 heteroatoms. The van der Waals surface area contributed by atoms with Crippen molar-refractivity contribution in [2.75, 3.05) is 25.5 Å². The number of methoxy groups -OCH3 is 1. The average Bonchev–Trinajstić information content (AvgIpc) is 3.48. The lowest BCUT2D eigenvalue weighted by molar-refractivity contribution is 0.417. The van der Waals surface area contributed by atoms with Crippen LogP contribution in [-0.4, -0.2) is 45.8 Å². The highest BCUT2D eigenvalue weighted by atomic mass is 32.1. The molecule has 0 bridgehead atoms. The Hall–Kier alpha value is -2.97. The fourth-order valence-electron chi connectivity index (χ4n) is 3.56. The minimum Gasteiger partial charge on any atom is -0.496 e. The first kappa shape index (κ1) is 17.2. The molecular formula is C20H20N6OS. The maximum absolute atomic E-state index is 5.57. The maximum Gasteiger partial charge on any atom is 0.140 e. The first-order valence-corrected chi connectivity index (χ1v) is 10.1. The third-order valence-electron chi connectivity index (χ3n) is 4.97. The Balaban J connectivity index is 1.57. The van der Waals surface area contributed by atoms with Gasteiger partial charge < -0.3 is 15.4 Å². The predicted octanol–water partition coefficient (Wildman–Crippen LogP) is 3.33. The first-order chi connectivity index (χ1) is 13.8. The molecular weight excluding hydrogens is 372 g/mol. The fourth-order valence-corrected chi connectivity index (χ4v) is 4.11. The van der Waals surface area contributed by atoms with E-state index in [2.05, 4.69) is 26.7 Å². The second kappa shape index (κ2) is 7.21. The molecule has 1 aliphatic heterocycles. The molecule has 7 nitrogen and oxygen atoms in total. The second-order valence-corrected chi connectivity index (χ2v) is 7.46. The van der Waals surface area contributed by atoms with E-state index < -0.39 is 0 Å². The monoisotopic (exact) mass is 392 g/mol. The highest BCUT2D eigenvalue weighted by Crippen LogP contribution is 2.34. The van der Waals surface area contributed by atoms with Crippen molar-refractivity contribution >= 4 is 28.2 Å². The molecule has 0 radical (unpaired) electrons. The first-order valence-electron chi connectivity index (χ1n) is 9.20. The van der Waals surface area contributed by atoms with Crippen molar-refractivity contribution in [2.24, 2.45) is 0 Å². The molecule has 0 aliphatic carbocycles. The van der Waals surface area contributed by atoms with E-state index in [1.54, 1.807) is 24.8 Å². The van der Waals surface area contributed by atoms with Crippen LogP contribution in [0.2, 0.25) is 0 Å². The molecule has 0 amide bonds. The summed E-state index contributed by atoms with van der Waals surface area (Å²) < 4.78 is 7.57. The number of anilines is 1. The zero-order chi connectivity index (χ0) is 18.9. The highest BCUT2D eigenvalue weighted by Gasteiger charge is 2.16. The number of ether oxygens (including phenoxy) is 1. The van der Waals surface area contributed by atoms with E-state index in [0.29, 0.717) is 6.04 Å². The lowest BCUT2D eigenvalue weighted by Gasteiger charge is -2.13. The van der Waals surface area contributed by atoms with Gasteiger partial charge in [-0.25, -0.2) is 15.0 Å². The van der Waals surface area contributed by atoms with Crippen LogP contribution in [0, 0.1) is 0 Å². The maximum atomic E-state index is 5.57.